The van der Waals surface area contributed by atoms with Crippen molar-refractivity contribution >= 4 is 17.6 Å². The Morgan fingerprint density at radius 3 is 2.50 bits per heavy atom. The van der Waals surface area contributed by atoms with Crippen LogP contribution in [0.25, 0.3) is 11.1 Å². The maximum Gasteiger partial charge on any atom is 0.329 e. The Morgan fingerprint density at radius 2 is 1.88 bits per heavy atom. The Balaban J connectivity index is 1.64. The first-order valence-corrected chi connectivity index (χ1v) is 8.21. The molecule has 0 aromatic heterocycles. The molecule has 24 heavy (non-hydrogen) atoms. The minimum absolute atomic E-state index is 0.0583. The molecule has 0 radical (unpaired) electrons. The van der Waals surface area contributed by atoms with Gasteiger partial charge in [-0.3, -0.25) is 0 Å². The molecule has 5 heteroatoms. The first kappa shape index (κ1) is 16.8. The molecule has 0 atom stereocenters. The number of hydrogen-bond donors (Lipinski definition) is 1. The number of rotatable bonds is 6. The van der Waals surface area contributed by atoms with E-state index in [2.05, 4.69) is 24.3 Å². The summed E-state index contributed by atoms with van der Waals surface area (Å²) in [5.41, 5.74) is 3.35. The van der Waals surface area contributed by atoms with E-state index in [1.165, 1.54) is 5.56 Å². The van der Waals surface area contributed by atoms with Crippen molar-refractivity contribution in [1.82, 2.24) is 0 Å². The predicted molar refractivity (Wildman–Crippen MR) is 92.8 cm³/mol. The van der Waals surface area contributed by atoms with Crippen molar-refractivity contribution in [2.75, 3.05) is 13.7 Å². The van der Waals surface area contributed by atoms with Crippen LogP contribution in [0.4, 0.5) is 0 Å². The Hall–Kier alpha value is -2.04. The maximum atomic E-state index is 10.5. The summed E-state index contributed by atoms with van der Waals surface area (Å²) < 4.78 is 10.6. The molecule has 0 heterocycles. The van der Waals surface area contributed by atoms with E-state index in [0.29, 0.717) is 10.9 Å². The second-order valence-corrected chi connectivity index (χ2v) is 6.43. The SMILES string of the molecule is COc1cc(Cl)cc(-c2ccc([C@H]3C[C@@H](OCC(=O)O)C3)cc2)c1. The van der Waals surface area contributed by atoms with Crippen LogP contribution in [0.2, 0.25) is 5.02 Å². The Labute approximate surface area is 146 Å². The van der Waals surface area contributed by atoms with Crippen LogP contribution in [-0.2, 0) is 9.53 Å². The lowest BCUT2D eigenvalue weighted by Gasteiger charge is -2.35. The summed E-state index contributed by atoms with van der Waals surface area (Å²) in [7, 11) is 1.62. The summed E-state index contributed by atoms with van der Waals surface area (Å²) >= 11 is 6.12. The number of hydrogen-bond acceptors (Lipinski definition) is 3. The van der Waals surface area contributed by atoms with E-state index in [0.717, 1.165) is 29.7 Å². The molecule has 0 saturated heterocycles. The van der Waals surface area contributed by atoms with Crippen LogP contribution in [0.5, 0.6) is 5.75 Å². The van der Waals surface area contributed by atoms with Crippen LogP contribution in [0.15, 0.2) is 42.5 Å². The van der Waals surface area contributed by atoms with Crippen LogP contribution in [-0.4, -0.2) is 30.9 Å². The topological polar surface area (TPSA) is 55.8 Å². The van der Waals surface area contributed by atoms with Gasteiger partial charge in [0.1, 0.15) is 12.4 Å². The highest BCUT2D eigenvalue weighted by Crippen LogP contribution is 2.39. The molecule has 1 N–H and O–H groups in total. The third-order valence-corrected chi connectivity index (χ3v) is 4.58. The van der Waals surface area contributed by atoms with Gasteiger partial charge < -0.3 is 14.6 Å². The van der Waals surface area contributed by atoms with Crippen LogP contribution >= 0.6 is 11.6 Å². The molecule has 0 unspecified atom stereocenters. The average Bonchev–Trinajstić information content (AvgIpc) is 2.53. The molecular formula is C19H19ClO4. The lowest BCUT2D eigenvalue weighted by molar-refractivity contribution is -0.146. The lowest BCUT2D eigenvalue weighted by Crippen LogP contribution is -2.31. The molecule has 1 aliphatic carbocycles. The minimum atomic E-state index is -0.917. The third-order valence-electron chi connectivity index (χ3n) is 4.36. The quantitative estimate of drug-likeness (QED) is 0.844. The molecule has 1 aliphatic rings. The van der Waals surface area contributed by atoms with Gasteiger partial charge >= 0.3 is 5.97 Å². The van der Waals surface area contributed by atoms with Crippen molar-refractivity contribution in [3.8, 4) is 16.9 Å². The minimum Gasteiger partial charge on any atom is -0.497 e. The predicted octanol–water partition coefficient (Wildman–Crippen LogP) is 4.36. The standard InChI is InChI=1S/C19H19ClO4/c1-23-17-7-14(6-16(20)10-17)12-2-4-13(5-3-12)15-8-18(9-15)24-11-19(21)22/h2-7,10,15,18H,8-9,11H2,1H3,(H,21,22)/t15-,18+. The lowest BCUT2D eigenvalue weighted by atomic mass is 9.77. The zero-order valence-corrected chi connectivity index (χ0v) is 14.1. The van der Waals surface area contributed by atoms with Gasteiger partial charge in [-0.2, -0.15) is 0 Å². The van der Waals surface area contributed by atoms with E-state index in [4.69, 9.17) is 26.2 Å². The Kier molecular flexibility index (Phi) is 5.07. The van der Waals surface area contributed by atoms with E-state index < -0.39 is 5.97 Å². The average molecular weight is 347 g/mol. The fourth-order valence-corrected chi connectivity index (χ4v) is 3.18. The monoisotopic (exact) mass is 346 g/mol. The highest BCUT2D eigenvalue weighted by atomic mass is 35.5. The highest BCUT2D eigenvalue weighted by Gasteiger charge is 2.31. The van der Waals surface area contributed by atoms with Crippen LogP contribution in [0.1, 0.15) is 24.3 Å². The molecule has 2 aromatic rings. The normalized spacial score (nSPS) is 19.6. The third kappa shape index (κ3) is 3.89. The molecule has 3 rings (SSSR count). The number of ether oxygens (including phenoxy) is 2. The number of aliphatic carboxylic acids is 1. The molecule has 1 saturated carbocycles. The Morgan fingerprint density at radius 1 is 1.17 bits per heavy atom. The van der Waals surface area contributed by atoms with Crippen LogP contribution in [0, 0.1) is 0 Å². The number of carboxylic acid groups (broad SMARTS) is 1. The molecule has 4 nitrogen and oxygen atoms in total. The van der Waals surface area contributed by atoms with E-state index in [1.807, 2.05) is 12.1 Å². The fraction of sp³-hybridized carbons (Fsp3) is 0.316. The summed E-state index contributed by atoms with van der Waals surface area (Å²) in [5, 5.41) is 9.26. The van der Waals surface area contributed by atoms with E-state index in [1.54, 1.807) is 13.2 Å². The summed E-state index contributed by atoms with van der Waals surface area (Å²) in [6.07, 6.45) is 1.80. The van der Waals surface area contributed by atoms with Crippen molar-refractivity contribution in [1.29, 1.82) is 0 Å². The molecular weight excluding hydrogens is 328 g/mol. The van der Waals surface area contributed by atoms with Gasteiger partial charge in [-0.1, -0.05) is 35.9 Å². The van der Waals surface area contributed by atoms with Gasteiger partial charge in [0.05, 0.1) is 13.2 Å². The number of benzene rings is 2. The molecule has 126 valence electrons. The van der Waals surface area contributed by atoms with Gasteiger partial charge in [-0.25, -0.2) is 4.79 Å². The van der Waals surface area contributed by atoms with E-state index in [9.17, 15) is 4.79 Å². The van der Waals surface area contributed by atoms with Crippen LogP contribution in [0.3, 0.4) is 0 Å². The number of halogens is 1. The van der Waals surface area contributed by atoms with E-state index >= 15 is 0 Å². The molecule has 1 fully saturated rings. The van der Waals surface area contributed by atoms with Crippen molar-refractivity contribution < 1.29 is 19.4 Å². The zero-order chi connectivity index (χ0) is 17.1. The van der Waals surface area contributed by atoms with Gasteiger partial charge in [0, 0.05) is 5.02 Å². The van der Waals surface area contributed by atoms with Crippen molar-refractivity contribution in [2.24, 2.45) is 0 Å². The van der Waals surface area contributed by atoms with Gasteiger partial charge in [-0.15, -0.1) is 0 Å². The first-order valence-electron chi connectivity index (χ1n) is 7.83. The molecule has 0 spiro atoms. The maximum absolute atomic E-state index is 10.5. The first-order chi connectivity index (χ1) is 11.5. The Bertz CT molecular complexity index is 721. The van der Waals surface area contributed by atoms with Crippen molar-refractivity contribution in [2.45, 2.75) is 24.9 Å². The number of methoxy groups -OCH3 is 1. The summed E-state index contributed by atoms with van der Waals surface area (Å²) in [6, 6.07) is 14.0. The number of carboxylic acids is 1. The zero-order valence-electron chi connectivity index (χ0n) is 13.4. The molecule has 0 amide bonds. The fourth-order valence-electron chi connectivity index (χ4n) is 2.96. The van der Waals surface area contributed by atoms with Gasteiger partial charge in [0.2, 0.25) is 0 Å². The molecule has 2 aromatic carbocycles. The van der Waals surface area contributed by atoms with Crippen molar-refractivity contribution in [3.05, 3.63) is 53.1 Å². The smallest absolute Gasteiger partial charge is 0.329 e. The summed E-state index contributed by atoms with van der Waals surface area (Å²) in [6.45, 7) is -0.215. The highest BCUT2D eigenvalue weighted by molar-refractivity contribution is 6.31. The van der Waals surface area contributed by atoms with Gasteiger partial charge in [-0.05, 0) is 53.6 Å². The van der Waals surface area contributed by atoms with Gasteiger partial charge in [0.15, 0.2) is 0 Å². The second-order valence-electron chi connectivity index (χ2n) is 6.00. The van der Waals surface area contributed by atoms with E-state index in [-0.39, 0.29) is 12.7 Å². The second kappa shape index (κ2) is 7.24. The van der Waals surface area contributed by atoms with Crippen molar-refractivity contribution in [3.63, 3.8) is 0 Å². The molecule has 0 bridgehead atoms. The molecule has 0 aliphatic heterocycles. The largest absolute Gasteiger partial charge is 0.497 e. The summed E-state index contributed by atoms with van der Waals surface area (Å²) in [4.78, 5) is 10.5. The number of carbonyl (C=O) groups is 1. The van der Waals surface area contributed by atoms with Crippen LogP contribution < -0.4 is 4.74 Å². The summed E-state index contributed by atoms with van der Waals surface area (Å²) in [5.74, 6) is 0.255. The van der Waals surface area contributed by atoms with Gasteiger partial charge in [0.25, 0.3) is 0 Å².